The lowest BCUT2D eigenvalue weighted by Gasteiger charge is -2.15. The van der Waals surface area contributed by atoms with Gasteiger partial charge < -0.3 is 4.74 Å². The number of hydrazine groups is 1. The first kappa shape index (κ1) is 19.5. The van der Waals surface area contributed by atoms with Gasteiger partial charge in [-0.2, -0.15) is 0 Å². The zero-order valence-corrected chi connectivity index (χ0v) is 15.2. The molecule has 0 radical (unpaired) electrons. The van der Waals surface area contributed by atoms with Crippen molar-refractivity contribution in [2.45, 2.75) is 24.7 Å². The molecule has 2 N–H and O–H groups in total. The van der Waals surface area contributed by atoms with E-state index < -0.39 is 33.6 Å². The first-order valence-electron chi connectivity index (χ1n) is 7.59. The number of benzene rings is 1. The molecular weight excluding hydrogens is 371 g/mol. The molecule has 0 aromatic heterocycles. The Bertz CT molecular complexity index is 741. The van der Waals surface area contributed by atoms with Gasteiger partial charge >= 0.3 is 0 Å². The predicted molar refractivity (Wildman–Crippen MR) is 92.3 cm³/mol. The summed E-state index contributed by atoms with van der Waals surface area (Å²) in [6, 6.07) is 5.68. The molecule has 1 heterocycles. The van der Waals surface area contributed by atoms with E-state index in [4.69, 9.17) is 4.74 Å². The molecule has 2 atom stereocenters. The minimum absolute atomic E-state index is 0.0308. The van der Waals surface area contributed by atoms with Crippen LogP contribution in [0.2, 0.25) is 0 Å². The summed E-state index contributed by atoms with van der Waals surface area (Å²) in [4.78, 5) is 23.6. The van der Waals surface area contributed by atoms with Crippen LogP contribution in [0.4, 0.5) is 4.39 Å². The number of amides is 2. The summed E-state index contributed by atoms with van der Waals surface area (Å²) in [6.45, 7) is 1.42. The average Bonchev–Trinajstić information content (AvgIpc) is 2.91. The number of sulfone groups is 1. The number of hydrogen-bond donors (Lipinski definition) is 2. The first-order chi connectivity index (χ1) is 11.8. The number of rotatable bonds is 6. The van der Waals surface area contributed by atoms with Crippen LogP contribution in [0.15, 0.2) is 24.3 Å². The maximum atomic E-state index is 13.5. The van der Waals surface area contributed by atoms with Crippen LogP contribution in [0.3, 0.4) is 0 Å². The smallest absolute Gasteiger partial charge is 0.279 e. The Labute approximate surface area is 149 Å². The van der Waals surface area contributed by atoms with Crippen LogP contribution in [-0.2, 0) is 19.4 Å². The van der Waals surface area contributed by atoms with E-state index in [0.29, 0.717) is 6.42 Å². The molecule has 0 bridgehead atoms. The third kappa shape index (κ3) is 6.20. The molecule has 1 aliphatic rings. The lowest BCUT2D eigenvalue weighted by molar-refractivity contribution is -0.132. The summed E-state index contributed by atoms with van der Waals surface area (Å²) in [5.41, 5.74) is 4.42. The second-order valence-electron chi connectivity index (χ2n) is 5.56. The van der Waals surface area contributed by atoms with Crippen LogP contribution >= 0.6 is 11.8 Å². The highest BCUT2D eigenvalue weighted by Crippen LogP contribution is 2.23. The van der Waals surface area contributed by atoms with Gasteiger partial charge in [-0.15, -0.1) is 11.8 Å². The van der Waals surface area contributed by atoms with Gasteiger partial charge in [0.25, 0.3) is 5.91 Å². The summed E-state index contributed by atoms with van der Waals surface area (Å²) >= 11 is 1.24. The Morgan fingerprint density at radius 1 is 1.36 bits per heavy atom. The number of para-hydroxylation sites is 1. The molecule has 138 valence electrons. The van der Waals surface area contributed by atoms with Crippen molar-refractivity contribution in [3.05, 3.63) is 30.1 Å². The van der Waals surface area contributed by atoms with Crippen molar-refractivity contribution in [3.8, 4) is 5.75 Å². The maximum absolute atomic E-state index is 13.5. The molecule has 1 aromatic rings. The highest BCUT2D eigenvalue weighted by atomic mass is 32.2. The summed E-state index contributed by atoms with van der Waals surface area (Å²) in [5, 5.41) is -0.102. The highest BCUT2D eigenvalue weighted by Gasteiger charge is 2.28. The SMILES string of the molecule is C[C@@H](Oc1ccccc1F)C(=O)NNC(=O)CS[C@@H]1CCS(=O)(=O)C1. The molecule has 2 rings (SSSR count). The summed E-state index contributed by atoms with van der Waals surface area (Å²) in [7, 11) is -2.98. The van der Waals surface area contributed by atoms with Gasteiger partial charge in [0.2, 0.25) is 5.91 Å². The number of thioether (sulfide) groups is 1. The van der Waals surface area contributed by atoms with Crippen LogP contribution in [0.5, 0.6) is 5.75 Å². The second kappa shape index (κ2) is 8.52. The molecule has 0 unspecified atom stereocenters. The topological polar surface area (TPSA) is 102 Å². The van der Waals surface area contributed by atoms with E-state index in [1.807, 2.05) is 0 Å². The van der Waals surface area contributed by atoms with Crippen molar-refractivity contribution < 1.29 is 27.1 Å². The maximum Gasteiger partial charge on any atom is 0.279 e. The van der Waals surface area contributed by atoms with E-state index in [9.17, 15) is 22.4 Å². The average molecular weight is 390 g/mol. The lowest BCUT2D eigenvalue weighted by Crippen LogP contribution is -2.47. The lowest BCUT2D eigenvalue weighted by atomic mass is 10.3. The summed E-state index contributed by atoms with van der Waals surface area (Å²) < 4.78 is 41.3. The van der Waals surface area contributed by atoms with Crippen LogP contribution in [0.25, 0.3) is 0 Å². The molecule has 1 aromatic carbocycles. The van der Waals surface area contributed by atoms with Gasteiger partial charge in [0, 0.05) is 5.25 Å². The van der Waals surface area contributed by atoms with E-state index in [0.717, 1.165) is 0 Å². The van der Waals surface area contributed by atoms with Gasteiger partial charge in [0.1, 0.15) is 0 Å². The Kier molecular flexibility index (Phi) is 6.65. The molecule has 2 amide bonds. The van der Waals surface area contributed by atoms with E-state index in [2.05, 4.69) is 10.9 Å². The molecule has 1 aliphatic heterocycles. The van der Waals surface area contributed by atoms with Crippen molar-refractivity contribution in [2.24, 2.45) is 0 Å². The minimum Gasteiger partial charge on any atom is -0.478 e. The van der Waals surface area contributed by atoms with Crippen molar-refractivity contribution in [1.29, 1.82) is 0 Å². The fourth-order valence-corrected chi connectivity index (χ4v) is 5.58. The molecule has 0 saturated carbocycles. The zero-order chi connectivity index (χ0) is 18.4. The Hall–Kier alpha value is -1.81. The minimum atomic E-state index is -2.98. The van der Waals surface area contributed by atoms with Crippen molar-refractivity contribution in [1.82, 2.24) is 10.9 Å². The predicted octanol–water partition coefficient (Wildman–Crippen LogP) is 0.661. The Morgan fingerprint density at radius 2 is 2.08 bits per heavy atom. The van der Waals surface area contributed by atoms with Gasteiger partial charge in [0.05, 0.1) is 17.3 Å². The van der Waals surface area contributed by atoms with Crippen LogP contribution < -0.4 is 15.6 Å². The molecule has 1 saturated heterocycles. The van der Waals surface area contributed by atoms with Crippen molar-refractivity contribution in [3.63, 3.8) is 0 Å². The number of carbonyl (C=O) groups is 2. The van der Waals surface area contributed by atoms with Gasteiger partial charge in [-0.25, -0.2) is 12.8 Å². The monoisotopic (exact) mass is 390 g/mol. The molecular formula is C15H19FN2O5S2. The number of ether oxygens (including phenoxy) is 1. The van der Waals surface area contributed by atoms with Crippen molar-refractivity contribution in [2.75, 3.05) is 17.3 Å². The standard InChI is InChI=1S/C15H19FN2O5S2/c1-10(23-13-5-3-2-4-12(13)16)15(20)18-17-14(19)8-24-11-6-7-25(21,22)9-11/h2-5,10-11H,6-9H2,1H3,(H,17,19)(H,18,20)/t10-,11-/m1/s1. The summed E-state index contributed by atoms with van der Waals surface area (Å²) in [5.74, 6) is -1.49. The van der Waals surface area contributed by atoms with Gasteiger partial charge in [0.15, 0.2) is 27.5 Å². The van der Waals surface area contributed by atoms with Gasteiger partial charge in [-0.05, 0) is 25.5 Å². The second-order valence-corrected chi connectivity index (χ2v) is 9.08. The van der Waals surface area contributed by atoms with E-state index in [1.54, 1.807) is 6.07 Å². The normalized spacial score (nSPS) is 19.8. The largest absolute Gasteiger partial charge is 0.478 e. The van der Waals surface area contributed by atoms with Crippen LogP contribution in [0, 0.1) is 5.82 Å². The van der Waals surface area contributed by atoms with Crippen LogP contribution in [0.1, 0.15) is 13.3 Å². The quantitative estimate of drug-likeness (QED) is 0.692. The van der Waals surface area contributed by atoms with Gasteiger partial charge in [-0.3, -0.25) is 20.4 Å². The Morgan fingerprint density at radius 3 is 2.72 bits per heavy atom. The number of nitrogens with one attached hydrogen (secondary N) is 2. The number of carbonyl (C=O) groups excluding carboxylic acids is 2. The van der Waals surface area contributed by atoms with E-state index in [1.165, 1.54) is 36.9 Å². The van der Waals surface area contributed by atoms with E-state index in [-0.39, 0.29) is 28.3 Å². The Balaban J connectivity index is 1.70. The van der Waals surface area contributed by atoms with Crippen LogP contribution in [-0.4, -0.2) is 48.8 Å². The molecule has 25 heavy (non-hydrogen) atoms. The third-order valence-corrected chi connectivity index (χ3v) is 6.76. The zero-order valence-electron chi connectivity index (χ0n) is 13.5. The molecule has 7 nitrogen and oxygen atoms in total. The number of hydrogen-bond acceptors (Lipinski definition) is 6. The molecule has 0 spiro atoms. The van der Waals surface area contributed by atoms with Crippen molar-refractivity contribution >= 4 is 33.4 Å². The summed E-state index contributed by atoms with van der Waals surface area (Å²) in [6.07, 6.45) is -0.481. The van der Waals surface area contributed by atoms with E-state index >= 15 is 0 Å². The fraction of sp³-hybridized carbons (Fsp3) is 0.467. The van der Waals surface area contributed by atoms with Gasteiger partial charge in [-0.1, -0.05) is 12.1 Å². The molecule has 0 aliphatic carbocycles. The third-order valence-electron chi connectivity index (χ3n) is 3.48. The highest BCUT2D eigenvalue weighted by molar-refractivity contribution is 8.02. The fourth-order valence-electron chi connectivity index (χ4n) is 2.14. The molecule has 10 heteroatoms. The first-order valence-corrected chi connectivity index (χ1v) is 10.5. The molecule has 1 fully saturated rings. The number of halogens is 1.